The molecule has 0 aromatic rings. The van der Waals surface area contributed by atoms with Crippen molar-refractivity contribution >= 4 is 5.91 Å². The van der Waals surface area contributed by atoms with Gasteiger partial charge in [-0.15, -0.1) is 0 Å². The van der Waals surface area contributed by atoms with Gasteiger partial charge in [0.1, 0.15) is 0 Å². The smallest absolute Gasteiger partial charge is 0.238 e. The summed E-state index contributed by atoms with van der Waals surface area (Å²) in [5.74, 6) is 0.346. The average Bonchev–Trinajstić information content (AvgIpc) is 3.07. The number of piperidine rings is 1. The Bertz CT molecular complexity index is 271. The van der Waals surface area contributed by atoms with Gasteiger partial charge in [0.2, 0.25) is 5.91 Å². The lowest BCUT2D eigenvalue weighted by molar-refractivity contribution is -0.139. The second kappa shape index (κ2) is 4.34. The third-order valence-electron chi connectivity index (χ3n) is 3.88. The van der Waals surface area contributed by atoms with E-state index in [9.17, 15) is 4.79 Å². The molecule has 0 aromatic heterocycles. The largest absolute Gasteiger partial charge is 0.313 e. The number of hydrogen-bond acceptors (Lipinski definition) is 3. The van der Waals surface area contributed by atoms with E-state index in [1.165, 1.54) is 32.1 Å². The highest BCUT2D eigenvalue weighted by molar-refractivity contribution is 5.78. The summed E-state index contributed by atoms with van der Waals surface area (Å²) in [7, 11) is 0. The monoisotopic (exact) mass is 223 g/mol. The van der Waals surface area contributed by atoms with Crippen LogP contribution in [0.5, 0.6) is 0 Å². The second-order valence-corrected chi connectivity index (χ2v) is 5.28. The summed E-state index contributed by atoms with van der Waals surface area (Å²) >= 11 is 0. The lowest BCUT2D eigenvalue weighted by Crippen LogP contribution is -2.49. The molecule has 4 nitrogen and oxygen atoms in total. The van der Waals surface area contributed by atoms with Crippen molar-refractivity contribution in [2.24, 2.45) is 0 Å². The molecule has 2 aliphatic heterocycles. The number of carbonyl (C=O) groups excluding carboxylic acids is 1. The molecule has 0 radical (unpaired) electrons. The van der Waals surface area contributed by atoms with Gasteiger partial charge in [-0.3, -0.25) is 9.80 Å². The van der Waals surface area contributed by atoms with Crippen LogP contribution in [-0.2, 0) is 4.79 Å². The van der Waals surface area contributed by atoms with E-state index < -0.39 is 0 Å². The van der Waals surface area contributed by atoms with E-state index in [1.807, 2.05) is 0 Å². The van der Waals surface area contributed by atoms with Gasteiger partial charge < -0.3 is 5.32 Å². The maximum Gasteiger partial charge on any atom is 0.238 e. The molecule has 1 aliphatic carbocycles. The maximum atomic E-state index is 11.8. The standard InChI is InChI=1S/C12H21N3O/c16-12-6-8-14(15(12)11-4-5-11)9-10-3-1-2-7-13-10/h10-11,13H,1-9H2. The van der Waals surface area contributed by atoms with Crippen molar-refractivity contribution in [3.8, 4) is 0 Å². The third kappa shape index (κ3) is 2.09. The Morgan fingerprint density at radius 1 is 1.25 bits per heavy atom. The van der Waals surface area contributed by atoms with Crippen LogP contribution >= 0.6 is 0 Å². The van der Waals surface area contributed by atoms with Crippen LogP contribution in [0.4, 0.5) is 0 Å². The Morgan fingerprint density at radius 2 is 2.12 bits per heavy atom. The fourth-order valence-corrected chi connectivity index (χ4v) is 2.87. The van der Waals surface area contributed by atoms with Crippen LogP contribution in [0.15, 0.2) is 0 Å². The molecule has 1 saturated carbocycles. The maximum absolute atomic E-state index is 11.8. The van der Waals surface area contributed by atoms with Gasteiger partial charge in [0.15, 0.2) is 0 Å². The van der Waals surface area contributed by atoms with Crippen molar-refractivity contribution in [3.05, 3.63) is 0 Å². The van der Waals surface area contributed by atoms with Gasteiger partial charge in [-0.1, -0.05) is 6.42 Å². The van der Waals surface area contributed by atoms with Crippen LogP contribution < -0.4 is 5.32 Å². The fourth-order valence-electron chi connectivity index (χ4n) is 2.87. The Labute approximate surface area is 96.9 Å². The van der Waals surface area contributed by atoms with E-state index in [1.54, 1.807) is 0 Å². The van der Waals surface area contributed by atoms with Gasteiger partial charge in [0.25, 0.3) is 0 Å². The summed E-state index contributed by atoms with van der Waals surface area (Å²) in [5.41, 5.74) is 0. The molecule has 0 bridgehead atoms. The number of hydrogen-bond donors (Lipinski definition) is 1. The fraction of sp³-hybridized carbons (Fsp3) is 0.917. The van der Waals surface area contributed by atoms with Crippen LogP contribution in [0, 0.1) is 0 Å². The Balaban J connectivity index is 1.58. The van der Waals surface area contributed by atoms with Crippen molar-refractivity contribution in [1.29, 1.82) is 0 Å². The van der Waals surface area contributed by atoms with E-state index in [-0.39, 0.29) is 0 Å². The van der Waals surface area contributed by atoms with Crippen LogP contribution in [0.25, 0.3) is 0 Å². The first-order chi connectivity index (χ1) is 7.84. The van der Waals surface area contributed by atoms with E-state index in [2.05, 4.69) is 15.3 Å². The predicted molar refractivity (Wildman–Crippen MR) is 61.7 cm³/mol. The van der Waals surface area contributed by atoms with Crippen LogP contribution in [0.3, 0.4) is 0 Å². The van der Waals surface area contributed by atoms with Crippen molar-refractivity contribution in [1.82, 2.24) is 15.3 Å². The molecule has 2 saturated heterocycles. The molecule has 2 heterocycles. The van der Waals surface area contributed by atoms with Gasteiger partial charge in [-0.05, 0) is 32.2 Å². The van der Waals surface area contributed by atoms with Crippen LogP contribution in [0.2, 0.25) is 0 Å². The number of nitrogens with zero attached hydrogens (tertiary/aromatic N) is 2. The SMILES string of the molecule is O=C1CCN(CC2CCCCN2)N1C1CC1. The van der Waals surface area contributed by atoms with Gasteiger partial charge in [-0.2, -0.15) is 0 Å². The molecule has 1 amide bonds. The highest BCUT2D eigenvalue weighted by Crippen LogP contribution is 2.31. The Hall–Kier alpha value is -0.610. The first-order valence-corrected chi connectivity index (χ1v) is 6.65. The zero-order chi connectivity index (χ0) is 11.0. The lowest BCUT2D eigenvalue weighted by atomic mass is 10.1. The first kappa shape index (κ1) is 10.5. The molecule has 1 N–H and O–H groups in total. The van der Waals surface area contributed by atoms with Crippen molar-refractivity contribution < 1.29 is 4.79 Å². The molecule has 3 rings (SSSR count). The molecule has 3 fully saturated rings. The van der Waals surface area contributed by atoms with E-state index in [0.717, 1.165) is 26.1 Å². The molecule has 0 spiro atoms. The molecule has 16 heavy (non-hydrogen) atoms. The average molecular weight is 223 g/mol. The molecule has 4 heteroatoms. The first-order valence-electron chi connectivity index (χ1n) is 6.65. The van der Waals surface area contributed by atoms with Gasteiger partial charge >= 0.3 is 0 Å². The highest BCUT2D eigenvalue weighted by Gasteiger charge is 2.40. The Kier molecular flexibility index (Phi) is 2.86. The van der Waals surface area contributed by atoms with E-state index in [4.69, 9.17) is 0 Å². The molecular weight excluding hydrogens is 202 g/mol. The zero-order valence-electron chi connectivity index (χ0n) is 9.82. The number of hydrazine groups is 1. The minimum Gasteiger partial charge on any atom is -0.313 e. The van der Waals surface area contributed by atoms with Crippen LogP contribution in [-0.4, -0.2) is 47.6 Å². The molecule has 90 valence electrons. The van der Waals surface area contributed by atoms with Gasteiger partial charge in [0.05, 0.1) is 0 Å². The summed E-state index contributed by atoms with van der Waals surface area (Å²) in [6.45, 7) is 3.12. The predicted octanol–water partition coefficient (Wildman–Crippen LogP) is 0.740. The third-order valence-corrected chi connectivity index (χ3v) is 3.88. The number of amides is 1. The molecule has 1 atom stereocenters. The summed E-state index contributed by atoms with van der Waals surface area (Å²) in [5, 5.41) is 7.91. The number of carbonyl (C=O) groups is 1. The van der Waals surface area contributed by atoms with Gasteiger partial charge in [0, 0.05) is 31.6 Å². The van der Waals surface area contributed by atoms with Crippen molar-refractivity contribution in [2.45, 2.75) is 50.6 Å². The highest BCUT2D eigenvalue weighted by atomic mass is 16.2. The second-order valence-electron chi connectivity index (χ2n) is 5.28. The van der Waals surface area contributed by atoms with Crippen LogP contribution in [0.1, 0.15) is 38.5 Å². The normalized spacial score (nSPS) is 32.4. The van der Waals surface area contributed by atoms with Crippen molar-refractivity contribution in [3.63, 3.8) is 0 Å². The summed E-state index contributed by atoms with van der Waals surface area (Å²) in [6.07, 6.45) is 7.05. The number of nitrogens with one attached hydrogen (secondary N) is 1. The zero-order valence-corrected chi connectivity index (χ0v) is 9.82. The molecule has 0 aromatic carbocycles. The van der Waals surface area contributed by atoms with Gasteiger partial charge in [-0.25, -0.2) is 5.01 Å². The Morgan fingerprint density at radius 3 is 2.81 bits per heavy atom. The minimum atomic E-state index is 0.346. The molecule has 3 aliphatic rings. The topological polar surface area (TPSA) is 35.6 Å². The number of rotatable bonds is 3. The lowest BCUT2D eigenvalue weighted by Gasteiger charge is -2.33. The van der Waals surface area contributed by atoms with Crippen molar-refractivity contribution in [2.75, 3.05) is 19.6 Å². The summed E-state index contributed by atoms with van der Waals surface area (Å²) < 4.78 is 0. The summed E-state index contributed by atoms with van der Waals surface area (Å²) in [4.78, 5) is 11.8. The summed E-state index contributed by atoms with van der Waals surface area (Å²) in [6, 6.07) is 1.14. The van der Waals surface area contributed by atoms with E-state index in [0.29, 0.717) is 18.0 Å². The molecular formula is C12H21N3O. The minimum absolute atomic E-state index is 0.346. The van der Waals surface area contributed by atoms with E-state index >= 15 is 0 Å². The quantitative estimate of drug-likeness (QED) is 0.766. The molecule has 1 unspecified atom stereocenters.